The fourth-order valence-corrected chi connectivity index (χ4v) is 4.42. The van der Waals surface area contributed by atoms with Crippen molar-refractivity contribution in [2.45, 2.75) is 44.7 Å². The molecule has 1 spiro atoms. The monoisotopic (exact) mass is 492 g/mol. The molecule has 2 aromatic carbocycles. The molecule has 188 valence electrons. The molecule has 5 amide bonds. The summed E-state index contributed by atoms with van der Waals surface area (Å²) in [4.78, 5) is 63.0. The molecule has 0 atom stereocenters. The molecule has 1 aliphatic heterocycles. The highest BCUT2D eigenvalue weighted by atomic mass is 16.5. The first kappa shape index (κ1) is 24.9. The van der Waals surface area contributed by atoms with Crippen LogP contribution in [0.4, 0.5) is 10.5 Å². The number of para-hydroxylation sites is 1. The molecule has 4 rings (SSSR count). The second kappa shape index (κ2) is 10.6. The summed E-state index contributed by atoms with van der Waals surface area (Å²) < 4.78 is 4.98. The van der Waals surface area contributed by atoms with Gasteiger partial charge >= 0.3 is 12.0 Å². The van der Waals surface area contributed by atoms with Gasteiger partial charge in [0.05, 0.1) is 11.3 Å². The Hall–Kier alpha value is -4.21. The van der Waals surface area contributed by atoms with Crippen molar-refractivity contribution in [1.82, 2.24) is 15.5 Å². The zero-order valence-corrected chi connectivity index (χ0v) is 20.0. The number of imide groups is 1. The van der Waals surface area contributed by atoms with Crippen LogP contribution in [0.25, 0.3) is 0 Å². The summed E-state index contributed by atoms with van der Waals surface area (Å²) in [5.41, 5.74) is 1.65. The van der Waals surface area contributed by atoms with Crippen LogP contribution in [0.15, 0.2) is 48.5 Å². The van der Waals surface area contributed by atoms with E-state index in [9.17, 15) is 24.0 Å². The van der Waals surface area contributed by atoms with Crippen molar-refractivity contribution in [3.8, 4) is 0 Å². The zero-order valence-electron chi connectivity index (χ0n) is 20.0. The van der Waals surface area contributed by atoms with E-state index < -0.39 is 42.5 Å². The minimum absolute atomic E-state index is 0.255. The first-order chi connectivity index (χ1) is 17.3. The molecule has 1 saturated carbocycles. The number of aryl methyl sites for hydroxylation is 1. The summed E-state index contributed by atoms with van der Waals surface area (Å²) in [7, 11) is 0. The fourth-order valence-electron chi connectivity index (χ4n) is 4.42. The molecule has 0 bridgehead atoms. The van der Waals surface area contributed by atoms with Gasteiger partial charge in [0.25, 0.3) is 17.7 Å². The Kier molecular flexibility index (Phi) is 7.33. The van der Waals surface area contributed by atoms with Crippen molar-refractivity contribution >= 4 is 35.4 Å². The molecular weight excluding hydrogens is 464 g/mol. The summed E-state index contributed by atoms with van der Waals surface area (Å²) in [5, 5.41) is 8.07. The molecule has 0 unspecified atom stereocenters. The SMILES string of the molecule is Cc1ccc(CNC(=O)c2ccccc2NC(=O)COC(=O)CN2C(=O)NC3(CCCC3)C2=O)cc1. The lowest BCUT2D eigenvalue weighted by Crippen LogP contribution is -2.44. The number of ether oxygens (including phenoxy) is 1. The van der Waals surface area contributed by atoms with Gasteiger partial charge in [-0.1, -0.05) is 54.8 Å². The number of amides is 5. The van der Waals surface area contributed by atoms with Gasteiger partial charge in [0.15, 0.2) is 6.61 Å². The third-order valence-electron chi connectivity index (χ3n) is 6.37. The lowest BCUT2D eigenvalue weighted by molar-refractivity contribution is -0.150. The number of carbonyl (C=O) groups excluding carboxylic acids is 5. The average molecular weight is 493 g/mol. The largest absolute Gasteiger partial charge is 0.454 e. The molecule has 36 heavy (non-hydrogen) atoms. The minimum atomic E-state index is -0.918. The van der Waals surface area contributed by atoms with Gasteiger partial charge in [0, 0.05) is 6.54 Å². The van der Waals surface area contributed by atoms with E-state index in [1.807, 2.05) is 31.2 Å². The first-order valence-electron chi connectivity index (χ1n) is 11.8. The summed E-state index contributed by atoms with van der Waals surface area (Å²) >= 11 is 0. The zero-order chi connectivity index (χ0) is 25.7. The maximum Gasteiger partial charge on any atom is 0.326 e. The van der Waals surface area contributed by atoms with Crippen LogP contribution in [-0.2, 0) is 25.7 Å². The number of urea groups is 1. The van der Waals surface area contributed by atoms with E-state index in [4.69, 9.17) is 4.74 Å². The van der Waals surface area contributed by atoms with E-state index in [2.05, 4.69) is 16.0 Å². The highest BCUT2D eigenvalue weighted by molar-refractivity contribution is 6.09. The standard InChI is InChI=1S/C26H28N4O6/c1-17-8-10-18(11-9-17)14-27-23(33)19-6-2-3-7-20(19)28-21(31)16-36-22(32)15-30-24(34)26(29-25(30)35)12-4-5-13-26/h2-3,6-11H,4-5,12-16H2,1H3,(H,27,33)(H,28,31)(H,29,35). The lowest BCUT2D eigenvalue weighted by Gasteiger charge is -2.19. The third-order valence-corrected chi connectivity index (χ3v) is 6.37. The number of esters is 1. The van der Waals surface area contributed by atoms with Gasteiger partial charge in [-0.05, 0) is 37.5 Å². The van der Waals surface area contributed by atoms with Crippen molar-refractivity contribution < 1.29 is 28.7 Å². The van der Waals surface area contributed by atoms with Crippen LogP contribution in [0.1, 0.15) is 47.2 Å². The Morgan fingerprint density at radius 3 is 2.44 bits per heavy atom. The van der Waals surface area contributed by atoms with Crippen LogP contribution >= 0.6 is 0 Å². The average Bonchev–Trinajstić information content (AvgIpc) is 3.43. The van der Waals surface area contributed by atoms with Crippen LogP contribution in [0.3, 0.4) is 0 Å². The maximum atomic E-state index is 12.7. The number of carbonyl (C=O) groups is 5. The Morgan fingerprint density at radius 2 is 1.72 bits per heavy atom. The Bertz CT molecular complexity index is 1190. The van der Waals surface area contributed by atoms with Crippen molar-refractivity contribution in [3.63, 3.8) is 0 Å². The number of nitrogens with zero attached hydrogens (tertiary/aromatic N) is 1. The summed E-state index contributed by atoms with van der Waals surface area (Å²) in [6.45, 7) is 1.10. The van der Waals surface area contributed by atoms with Gasteiger partial charge < -0.3 is 20.7 Å². The highest BCUT2D eigenvalue weighted by Gasteiger charge is 2.52. The topological polar surface area (TPSA) is 134 Å². The van der Waals surface area contributed by atoms with Gasteiger partial charge in [-0.3, -0.25) is 24.1 Å². The van der Waals surface area contributed by atoms with E-state index in [-0.39, 0.29) is 17.2 Å². The molecular formula is C26H28N4O6. The maximum absolute atomic E-state index is 12.7. The van der Waals surface area contributed by atoms with Gasteiger partial charge in [0.2, 0.25) is 0 Å². The van der Waals surface area contributed by atoms with Gasteiger partial charge in [-0.25, -0.2) is 4.79 Å². The molecule has 1 aliphatic carbocycles. The number of benzene rings is 2. The summed E-state index contributed by atoms with van der Waals surface area (Å²) in [5.74, 6) is -2.35. The molecule has 3 N–H and O–H groups in total. The van der Waals surface area contributed by atoms with Crippen molar-refractivity contribution in [2.24, 2.45) is 0 Å². The predicted octanol–water partition coefficient (Wildman–Crippen LogP) is 2.27. The van der Waals surface area contributed by atoms with Crippen molar-refractivity contribution in [1.29, 1.82) is 0 Å². The third kappa shape index (κ3) is 5.54. The van der Waals surface area contributed by atoms with Crippen LogP contribution in [0, 0.1) is 6.92 Å². The first-order valence-corrected chi connectivity index (χ1v) is 11.8. The van der Waals surface area contributed by atoms with Crippen LogP contribution in [0.5, 0.6) is 0 Å². The van der Waals surface area contributed by atoms with Crippen LogP contribution in [0.2, 0.25) is 0 Å². The molecule has 1 saturated heterocycles. The molecule has 2 fully saturated rings. The Balaban J connectivity index is 1.28. The van der Waals surface area contributed by atoms with Gasteiger partial charge in [-0.15, -0.1) is 0 Å². The number of hydrogen-bond donors (Lipinski definition) is 3. The van der Waals surface area contributed by atoms with E-state index in [0.717, 1.165) is 28.9 Å². The van der Waals surface area contributed by atoms with E-state index in [0.29, 0.717) is 19.4 Å². The van der Waals surface area contributed by atoms with Gasteiger partial charge in [-0.2, -0.15) is 0 Å². The lowest BCUT2D eigenvalue weighted by atomic mass is 9.98. The summed E-state index contributed by atoms with van der Waals surface area (Å²) in [6.07, 6.45) is 2.75. The normalized spacial score (nSPS) is 16.1. The number of anilines is 1. The van der Waals surface area contributed by atoms with E-state index in [1.165, 1.54) is 0 Å². The minimum Gasteiger partial charge on any atom is -0.454 e. The van der Waals surface area contributed by atoms with E-state index in [1.54, 1.807) is 24.3 Å². The Morgan fingerprint density at radius 1 is 1.03 bits per heavy atom. The molecule has 1 heterocycles. The highest BCUT2D eigenvalue weighted by Crippen LogP contribution is 2.34. The molecule has 10 nitrogen and oxygen atoms in total. The molecule has 2 aromatic rings. The van der Waals surface area contributed by atoms with Gasteiger partial charge in [0.1, 0.15) is 12.1 Å². The molecule has 2 aliphatic rings. The number of nitrogens with one attached hydrogen (secondary N) is 3. The second-order valence-corrected chi connectivity index (χ2v) is 9.03. The van der Waals surface area contributed by atoms with E-state index >= 15 is 0 Å². The number of hydrogen-bond acceptors (Lipinski definition) is 6. The van der Waals surface area contributed by atoms with Crippen LogP contribution < -0.4 is 16.0 Å². The Labute approximate surface area is 208 Å². The quantitative estimate of drug-likeness (QED) is 0.382. The summed E-state index contributed by atoms with van der Waals surface area (Å²) in [6, 6.07) is 13.6. The molecule has 0 aromatic heterocycles. The number of rotatable bonds is 8. The molecule has 10 heteroatoms. The van der Waals surface area contributed by atoms with Crippen LogP contribution in [-0.4, -0.2) is 53.3 Å². The smallest absolute Gasteiger partial charge is 0.326 e. The van der Waals surface area contributed by atoms with Crippen molar-refractivity contribution in [3.05, 3.63) is 65.2 Å². The second-order valence-electron chi connectivity index (χ2n) is 9.03. The molecule has 0 radical (unpaired) electrons. The fraction of sp³-hybridized carbons (Fsp3) is 0.346. The predicted molar refractivity (Wildman–Crippen MR) is 130 cm³/mol. The van der Waals surface area contributed by atoms with Crippen molar-refractivity contribution in [2.75, 3.05) is 18.5 Å².